The zero-order valence-electron chi connectivity index (χ0n) is 8.89. The summed E-state index contributed by atoms with van der Waals surface area (Å²) in [5.74, 6) is 0.846. The van der Waals surface area contributed by atoms with Crippen LogP contribution in [0.5, 0.6) is 0 Å². The Morgan fingerprint density at radius 3 is 3.20 bits per heavy atom. The third-order valence-electron chi connectivity index (χ3n) is 3.61. The van der Waals surface area contributed by atoms with E-state index >= 15 is 0 Å². The molecule has 2 aliphatic rings. The molecule has 1 aromatic rings. The Bertz CT molecular complexity index is 311. The average Bonchev–Trinajstić information content (AvgIpc) is 2.74. The highest BCUT2D eigenvalue weighted by Gasteiger charge is 2.34. The Kier molecular flexibility index (Phi) is 2.33. The van der Waals surface area contributed by atoms with Crippen molar-refractivity contribution in [2.75, 3.05) is 24.5 Å². The van der Waals surface area contributed by atoms with Gasteiger partial charge in [0.05, 0.1) is 11.9 Å². The van der Waals surface area contributed by atoms with Gasteiger partial charge in [0, 0.05) is 25.3 Å². The van der Waals surface area contributed by atoms with Gasteiger partial charge in [-0.25, -0.2) is 0 Å². The van der Waals surface area contributed by atoms with Gasteiger partial charge in [-0.2, -0.15) is 0 Å². The second-order valence-electron chi connectivity index (χ2n) is 4.58. The second kappa shape index (κ2) is 3.81. The van der Waals surface area contributed by atoms with E-state index in [2.05, 4.69) is 21.3 Å². The summed E-state index contributed by atoms with van der Waals surface area (Å²) >= 11 is 0. The molecule has 3 heterocycles. The largest absolute Gasteiger partial charge is 0.368 e. The number of piperidine rings is 1. The molecule has 15 heavy (non-hydrogen) atoms. The number of aromatic nitrogens is 1. The van der Waals surface area contributed by atoms with E-state index in [0.29, 0.717) is 6.04 Å². The first kappa shape index (κ1) is 9.16. The Labute approximate surface area is 90.5 Å². The van der Waals surface area contributed by atoms with Gasteiger partial charge in [0.25, 0.3) is 0 Å². The highest BCUT2D eigenvalue weighted by atomic mass is 15.2. The van der Waals surface area contributed by atoms with Crippen LogP contribution in [0.25, 0.3) is 0 Å². The quantitative estimate of drug-likeness (QED) is 0.745. The van der Waals surface area contributed by atoms with E-state index in [0.717, 1.165) is 12.5 Å². The molecule has 0 bridgehead atoms. The van der Waals surface area contributed by atoms with E-state index in [9.17, 15) is 0 Å². The van der Waals surface area contributed by atoms with Crippen molar-refractivity contribution in [2.24, 2.45) is 5.92 Å². The minimum atomic E-state index is 0.707. The van der Waals surface area contributed by atoms with Crippen molar-refractivity contribution in [3.8, 4) is 0 Å². The fourth-order valence-corrected chi connectivity index (χ4v) is 2.80. The molecule has 2 aliphatic heterocycles. The number of nitrogens with zero attached hydrogens (tertiary/aromatic N) is 2. The predicted molar refractivity (Wildman–Crippen MR) is 61.0 cm³/mol. The zero-order chi connectivity index (χ0) is 10.1. The summed E-state index contributed by atoms with van der Waals surface area (Å²) in [6.45, 7) is 3.54. The molecular weight excluding hydrogens is 186 g/mol. The summed E-state index contributed by atoms with van der Waals surface area (Å²) in [7, 11) is 0. The van der Waals surface area contributed by atoms with Crippen LogP contribution >= 0.6 is 0 Å². The van der Waals surface area contributed by atoms with Gasteiger partial charge in [-0.1, -0.05) is 0 Å². The highest BCUT2D eigenvalue weighted by molar-refractivity contribution is 5.45. The van der Waals surface area contributed by atoms with Crippen molar-refractivity contribution in [3.63, 3.8) is 0 Å². The number of nitrogens with one attached hydrogen (secondary N) is 1. The molecule has 2 atom stereocenters. The smallest absolute Gasteiger partial charge is 0.0553 e. The molecule has 1 N–H and O–H groups in total. The van der Waals surface area contributed by atoms with Crippen LogP contribution in [0.15, 0.2) is 24.5 Å². The van der Waals surface area contributed by atoms with Gasteiger partial charge in [-0.3, -0.25) is 4.98 Å². The van der Waals surface area contributed by atoms with Crippen LogP contribution in [0.2, 0.25) is 0 Å². The normalized spacial score (nSPS) is 30.3. The molecule has 1 aromatic heterocycles. The van der Waals surface area contributed by atoms with E-state index in [1.54, 1.807) is 0 Å². The second-order valence-corrected chi connectivity index (χ2v) is 4.58. The zero-order valence-corrected chi connectivity index (χ0v) is 8.89. The van der Waals surface area contributed by atoms with E-state index in [1.807, 2.05) is 18.5 Å². The molecule has 3 rings (SSSR count). The van der Waals surface area contributed by atoms with Crippen molar-refractivity contribution in [3.05, 3.63) is 24.5 Å². The summed E-state index contributed by atoms with van der Waals surface area (Å²) in [5.41, 5.74) is 1.27. The number of anilines is 1. The number of hydrogen-bond acceptors (Lipinski definition) is 3. The number of hydrogen-bond donors (Lipinski definition) is 1. The number of pyridine rings is 1. The lowest BCUT2D eigenvalue weighted by Crippen LogP contribution is -2.40. The topological polar surface area (TPSA) is 28.2 Å². The van der Waals surface area contributed by atoms with E-state index in [1.165, 1.54) is 31.6 Å². The maximum Gasteiger partial charge on any atom is 0.0553 e. The molecule has 80 valence electrons. The van der Waals surface area contributed by atoms with Crippen LogP contribution in [0, 0.1) is 5.92 Å². The fourth-order valence-electron chi connectivity index (χ4n) is 2.80. The first-order chi connectivity index (χ1) is 7.43. The SMILES string of the molecule is c1cncc(N2C[C@@H]3CCCN[C@@H]3C2)c1. The van der Waals surface area contributed by atoms with E-state index in [-0.39, 0.29) is 0 Å². The van der Waals surface area contributed by atoms with Crippen molar-refractivity contribution in [1.29, 1.82) is 0 Å². The van der Waals surface area contributed by atoms with Crippen LogP contribution in [0.1, 0.15) is 12.8 Å². The first-order valence-electron chi connectivity index (χ1n) is 5.82. The lowest BCUT2D eigenvalue weighted by Gasteiger charge is -2.24. The highest BCUT2D eigenvalue weighted by Crippen LogP contribution is 2.28. The van der Waals surface area contributed by atoms with Crippen LogP contribution in [-0.4, -0.2) is 30.7 Å². The lowest BCUT2D eigenvalue weighted by molar-refractivity contribution is 0.340. The standard InChI is InChI=1S/C12H17N3/c1-3-10-8-15(9-12(10)14-6-1)11-4-2-5-13-7-11/h2,4-5,7,10,12,14H,1,3,6,8-9H2/t10-,12+/m0/s1. The minimum absolute atomic E-state index is 0.707. The molecule has 0 spiro atoms. The molecule has 0 aliphatic carbocycles. The van der Waals surface area contributed by atoms with E-state index in [4.69, 9.17) is 0 Å². The van der Waals surface area contributed by atoms with Crippen LogP contribution in [0.3, 0.4) is 0 Å². The molecule has 0 amide bonds. The molecule has 3 nitrogen and oxygen atoms in total. The van der Waals surface area contributed by atoms with Gasteiger partial charge in [-0.05, 0) is 37.4 Å². The van der Waals surface area contributed by atoms with Crippen LogP contribution in [0.4, 0.5) is 5.69 Å². The van der Waals surface area contributed by atoms with Gasteiger partial charge in [0.2, 0.25) is 0 Å². The molecule has 2 fully saturated rings. The van der Waals surface area contributed by atoms with Gasteiger partial charge >= 0.3 is 0 Å². The Hall–Kier alpha value is -1.09. The lowest BCUT2D eigenvalue weighted by atomic mass is 9.94. The van der Waals surface area contributed by atoms with Crippen molar-refractivity contribution in [1.82, 2.24) is 10.3 Å². The summed E-state index contributed by atoms with van der Waals surface area (Å²) in [5, 5.41) is 3.62. The fraction of sp³-hybridized carbons (Fsp3) is 0.583. The first-order valence-corrected chi connectivity index (χ1v) is 5.82. The average molecular weight is 203 g/mol. The maximum atomic E-state index is 4.18. The maximum absolute atomic E-state index is 4.18. The summed E-state index contributed by atoms with van der Waals surface area (Å²) in [4.78, 5) is 6.64. The molecule has 0 radical (unpaired) electrons. The van der Waals surface area contributed by atoms with Crippen molar-refractivity contribution >= 4 is 5.69 Å². The molecule has 0 saturated carbocycles. The number of fused-ring (bicyclic) bond motifs is 1. The predicted octanol–water partition coefficient (Wildman–Crippen LogP) is 1.27. The Morgan fingerprint density at radius 1 is 1.40 bits per heavy atom. The third-order valence-corrected chi connectivity index (χ3v) is 3.61. The van der Waals surface area contributed by atoms with Gasteiger partial charge in [0.1, 0.15) is 0 Å². The molecule has 2 saturated heterocycles. The van der Waals surface area contributed by atoms with Crippen molar-refractivity contribution < 1.29 is 0 Å². The Balaban J connectivity index is 1.75. The van der Waals surface area contributed by atoms with Crippen molar-refractivity contribution in [2.45, 2.75) is 18.9 Å². The van der Waals surface area contributed by atoms with Gasteiger partial charge in [0.15, 0.2) is 0 Å². The number of rotatable bonds is 1. The monoisotopic (exact) mass is 203 g/mol. The molecule has 3 heteroatoms. The third kappa shape index (κ3) is 1.72. The Morgan fingerprint density at radius 2 is 2.40 bits per heavy atom. The summed E-state index contributed by atoms with van der Waals surface area (Å²) < 4.78 is 0. The summed E-state index contributed by atoms with van der Waals surface area (Å²) in [6.07, 6.45) is 6.53. The van der Waals surface area contributed by atoms with Gasteiger partial charge < -0.3 is 10.2 Å². The summed E-state index contributed by atoms with van der Waals surface area (Å²) in [6, 6.07) is 4.88. The molecular formula is C12H17N3. The van der Waals surface area contributed by atoms with E-state index < -0.39 is 0 Å². The molecule has 0 unspecified atom stereocenters. The minimum Gasteiger partial charge on any atom is -0.368 e. The van der Waals surface area contributed by atoms with Crippen LogP contribution < -0.4 is 10.2 Å². The van der Waals surface area contributed by atoms with Gasteiger partial charge in [-0.15, -0.1) is 0 Å². The molecule has 0 aromatic carbocycles. The van der Waals surface area contributed by atoms with Crippen LogP contribution in [-0.2, 0) is 0 Å².